The molecule has 31 heavy (non-hydrogen) atoms. The van der Waals surface area contributed by atoms with Gasteiger partial charge in [-0.05, 0) is 47.0 Å². The van der Waals surface area contributed by atoms with Gasteiger partial charge in [-0.25, -0.2) is 0 Å². The van der Waals surface area contributed by atoms with Crippen LogP contribution >= 0.6 is 0 Å². The number of ketones is 1. The van der Waals surface area contributed by atoms with Crippen molar-refractivity contribution in [2.45, 2.75) is 91.3 Å². The minimum atomic E-state index is -0.402. The van der Waals surface area contributed by atoms with Crippen LogP contribution in [0.1, 0.15) is 72.6 Å². The number of allylic oxidation sites excluding steroid dienone is 1. The maximum Gasteiger partial charge on any atom is 0.204 e. The van der Waals surface area contributed by atoms with E-state index < -0.39 is 6.29 Å². The van der Waals surface area contributed by atoms with Crippen LogP contribution < -0.4 is 0 Å². The summed E-state index contributed by atoms with van der Waals surface area (Å²) in [7, 11) is 0. The van der Waals surface area contributed by atoms with Crippen LogP contribution in [0.15, 0.2) is 12.2 Å². The molecule has 1 fully saturated rings. The Kier molecular flexibility index (Phi) is 14.6. The van der Waals surface area contributed by atoms with Gasteiger partial charge in [-0.2, -0.15) is 0 Å². The molecule has 1 aliphatic carbocycles. The second kappa shape index (κ2) is 16.3. The molecule has 8 nitrogen and oxygen atoms in total. The molecule has 0 aromatic heterocycles. The van der Waals surface area contributed by atoms with Crippen molar-refractivity contribution in [1.29, 1.82) is 0 Å². The maximum atomic E-state index is 12.5. The highest BCUT2D eigenvalue weighted by molar-refractivity contribution is 5.84. The highest BCUT2D eigenvalue weighted by Gasteiger charge is 2.42. The van der Waals surface area contributed by atoms with Crippen LogP contribution in [-0.2, 0) is 23.7 Å². The summed E-state index contributed by atoms with van der Waals surface area (Å²) in [6.07, 6.45) is 9.01. The molecule has 0 N–H and O–H groups in total. The summed E-state index contributed by atoms with van der Waals surface area (Å²) < 4.78 is 22.3. The van der Waals surface area contributed by atoms with Crippen LogP contribution in [0.25, 0.3) is 0 Å². The summed E-state index contributed by atoms with van der Waals surface area (Å²) in [6, 6.07) is 0. The molecule has 0 aromatic carbocycles. The molecule has 1 aliphatic rings. The first-order valence-corrected chi connectivity index (χ1v) is 11.7. The van der Waals surface area contributed by atoms with Crippen LogP contribution in [-0.4, -0.2) is 55.8 Å². The van der Waals surface area contributed by atoms with Gasteiger partial charge in [0.2, 0.25) is 6.54 Å². The number of unbranched alkanes of at least 4 members (excludes halogenated alkanes) is 4. The molecule has 0 bridgehead atoms. The van der Waals surface area contributed by atoms with E-state index >= 15 is 0 Å². The number of hydrogen-bond acceptors (Lipinski definition) is 7. The highest BCUT2D eigenvalue weighted by atomic mass is 16.7. The Morgan fingerprint density at radius 2 is 1.74 bits per heavy atom. The topological polar surface area (TPSA) is 97.1 Å². The summed E-state index contributed by atoms with van der Waals surface area (Å²) in [4.78, 5) is 22.9. The lowest BCUT2D eigenvalue weighted by atomic mass is 9.90. The monoisotopic (exact) mass is 443 g/mol. The van der Waals surface area contributed by atoms with Crippen LogP contribution in [0, 0.1) is 22.0 Å². The first-order valence-electron chi connectivity index (χ1n) is 11.7. The fourth-order valence-corrected chi connectivity index (χ4v) is 3.98. The molecule has 2 unspecified atom stereocenters. The van der Waals surface area contributed by atoms with E-state index in [0.29, 0.717) is 19.8 Å². The van der Waals surface area contributed by atoms with E-state index in [4.69, 9.17) is 18.9 Å². The Morgan fingerprint density at radius 3 is 2.42 bits per heavy atom. The Morgan fingerprint density at radius 1 is 1.06 bits per heavy atom. The zero-order valence-corrected chi connectivity index (χ0v) is 19.6. The minimum absolute atomic E-state index is 0.0477. The van der Waals surface area contributed by atoms with E-state index in [1.165, 1.54) is 0 Å². The first-order chi connectivity index (χ1) is 14.9. The number of rotatable bonds is 18. The molecule has 0 heterocycles. The molecule has 1 rings (SSSR count). The Bertz CT molecular complexity index is 540. The molecule has 1 saturated carbocycles. The summed E-state index contributed by atoms with van der Waals surface area (Å²) in [5.74, 6) is -0.444. The Balaban J connectivity index is 2.43. The SMILES string of the molecule is CCOC(C)OCCCCCCC=C[C@@H]1[C@H](OC(C)OCC)CC(=O)[C@@H]1CC[N+](=O)[O-]. The summed E-state index contributed by atoms with van der Waals surface area (Å²) in [5, 5.41) is 10.8. The smallest absolute Gasteiger partial charge is 0.204 e. The third-order valence-electron chi connectivity index (χ3n) is 5.48. The van der Waals surface area contributed by atoms with Gasteiger partial charge < -0.3 is 18.9 Å². The van der Waals surface area contributed by atoms with E-state index in [1.54, 1.807) is 0 Å². The number of Topliss-reactive ketones (excluding diaryl/α,β-unsaturated/α-hetero) is 1. The third-order valence-corrected chi connectivity index (χ3v) is 5.48. The van der Waals surface area contributed by atoms with Gasteiger partial charge in [0.15, 0.2) is 12.6 Å². The molecule has 0 radical (unpaired) electrons. The van der Waals surface area contributed by atoms with Crippen molar-refractivity contribution in [1.82, 2.24) is 0 Å². The van der Waals surface area contributed by atoms with E-state index in [1.807, 2.05) is 33.8 Å². The number of carbonyl (C=O) groups is 1. The number of nitro groups is 1. The molecule has 0 aromatic rings. The number of hydrogen-bond donors (Lipinski definition) is 0. The summed E-state index contributed by atoms with van der Waals surface area (Å²) in [5.41, 5.74) is 0. The van der Waals surface area contributed by atoms with E-state index in [0.717, 1.165) is 32.1 Å². The average molecular weight is 444 g/mol. The van der Waals surface area contributed by atoms with Crippen molar-refractivity contribution in [3.05, 3.63) is 22.3 Å². The predicted molar refractivity (Wildman–Crippen MR) is 118 cm³/mol. The quantitative estimate of drug-likeness (QED) is 0.101. The van der Waals surface area contributed by atoms with Crippen LogP contribution in [0.2, 0.25) is 0 Å². The van der Waals surface area contributed by atoms with Gasteiger partial charge in [-0.3, -0.25) is 14.9 Å². The fraction of sp³-hybridized carbons (Fsp3) is 0.870. The van der Waals surface area contributed by atoms with Crippen molar-refractivity contribution in [2.75, 3.05) is 26.4 Å². The van der Waals surface area contributed by atoms with Gasteiger partial charge >= 0.3 is 0 Å². The lowest BCUT2D eigenvalue weighted by Gasteiger charge is -2.24. The van der Waals surface area contributed by atoms with Gasteiger partial charge in [0, 0.05) is 49.4 Å². The largest absolute Gasteiger partial charge is 0.353 e. The normalized spacial score (nSPS) is 23.5. The fourth-order valence-electron chi connectivity index (χ4n) is 3.98. The van der Waals surface area contributed by atoms with Crippen LogP contribution in [0.3, 0.4) is 0 Å². The van der Waals surface area contributed by atoms with Crippen molar-refractivity contribution in [3.63, 3.8) is 0 Å². The Labute approximate surface area is 186 Å². The molecule has 0 saturated heterocycles. The van der Waals surface area contributed by atoms with Crippen LogP contribution in [0.5, 0.6) is 0 Å². The van der Waals surface area contributed by atoms with Crippen molar-refractivity contribution in [2.24, 2.45) is 11.8 Å². The minimum Gasteiger partial charge on any atom is -0.353 e. The number of nitrogens with zero attached hydrogens (tertiary/aromatic N) is 1. The van der Waals surface area contributed by atoms with Gasteiger partial charge in [0.05, 0.1) is 6.10 Å². The number of ether oxygens (including phenoxy) is 4. The number of carbonyl (C=O) groups excluding carboxylic acids is 1. The molecular weight excluding hydrogens is 402 g/mol. The molecule has 5 atom stereocenters. The lowest BCUT2D eigenvalue weighted by molar-refractivity contribution is -0.481. The molecular formula is C23H41NO7. The van der Waals surface area contributed by atoms with Crippen LogP contribution in [0.4, 0.5) is 0 Å². The van der Waals surface area contributed by atoms with Gasteiger partial charge in [0.1, 0.15) is 5.78 Å². The standard InChI is InChI=1S/C23H41NO7/c1-5-28-18(3)30-16-12-10-8-7-9-11-13-21-20(14-15-24(26)27)22(25)17-23(21)31-19(4)29-6-2/h11,13,18-21,23H,5-10,12,14-17H2,1-4H3/t18?,19?,20-,21+,23-/m1/s1. The molecule has 0 amide bonds. The zero-order chi connectivity index (χ0) is 23.1. The third kappa shape index (κ3) is 11.7. The Hall–Kier alpha value is -1.35. The molecule has 8 heteroatoms. The summed E-state index contributed by atoms with van der Waals surface area (Å²) in [6.45, 7) is 9.27. The highest BCUT2D eigenvalue weighted by Crippen LogP contribution is 2.35. The zero-order valence-electron chi connectivity index (χ0n) is 19.6. The first kappa shape index (κ1) is 27.7. The van der Waals surface area contributed by atoms with E-state index in [9.17, 15) is 14.9 Å². The van der Waals surface area contributed by atoms with Crippen molar-refractivity contribution >= 4 is 5.78 Å². The maximum absolute atomic E-state index is 12.5. The second-order valence-corrected chi connectivity index (χ2v) is 7.92. The van der Waals surface area contributed by atoms with Crippen molar-refractivity contribution in [3.8, 4) is 0 Å². The molecule has 180 valence electrons. The second-order valence-electron chi connectivity index (χ2n) is 7.92. The van der Waals surface area contributed by atoms with E-state index in [-0.39, 0.29) is 54.3 Å². The van der Waals surface area contributed by atoms with Gasteiger partial charge in [0.25, 0.3) is 0 Å². The van der Waals surface area contributed by atoms with Gasteiger partial charge in [-0.15, -0.1) is 0 Å². The van der Waals surface area contributed by atoms with Crippen molar-refractivity contribution < 1.29 is 28.7 Å². The van der Waals surface area contributed by atoms with Gasteiger partial charge in [-0.1, -0.05) is 25.0 Å². The predicted octanol–water partition coefficient (Wildman–Crippen LogP) is 4.53. The molecule has 0 aliphatic heterocycles. The molecule has 0 spiro atoms. The van der Waals surface area contributed by atoms with E-state index in [2.05, 4.69) is 6.08 Å². The average Bonchev–Trinajstić information content (AvgIpc) is 2.99. The summed E-state index contributed by atoms with van der Waals surface area (Å²) >= 11 is 0. The lowest BCUT2D eigenvalue weighted by Crippen LogP contribution is -2.27.